The van der Waals surface area contributed by atoms with Crippen LogP contribution < -0.4 is 5.73 Å². The van der Waals surface area contributed by atoms with Crippen molar-refractivity contribution in [3.63, 3.8) is 0 Å². The predicted molar refractivity (Wildman–Crippen MR) is 41.8 cm³/mol. The molecule has 56 valence electrons. The zero-order chi connectivity index (χ0) is 7.68. The first-order chi connectivity index (χ1) is 5.42. The van der Waals surface area contributed by atoms with Gasteiger partial charge in [0.25, 0.3) is 0 Å². The fraction of sp³-hybridized carbons (Fsp3) is 0.143. The summed E-state index contributed by atoms with van der Waals surface area (Å²) >= 11 is 0. The number of aromatic nitrogens is 3. The van der Waals surface area contributed by atoms with Crippen LogP contribution in [0.5, 0.6) is 0 Å². The van der Waals surface area contributed by atoms with Gasteiger partial charge in [0.05, 0.1) is 5.69 Å². The molecular formula is C7H8N4. The molecule has 0 aliphatic carbocycles. The van der Waals surface area contributed by atoms with Crippen molar-refractivity contribution in [1.82, 2.24) is 15.0 Å². The Balaban J connectivity index is 2.79. The van der Waals surface area contributed by atoms with Crippen molar-refractivity contribution in [2.24, 2.45) is 5.73 Å². The average Bonchev–Trinajstić information content (AvgIpc) is 2.50. The molecule has 0 unspecified atom stereocenters. The Bertz CT molecular complexity index is 365. The number of aromatic amines is 1. The van der Waals surface area contributed by atoms with Crippen LogP contribution >= 0.6 is 0 Å². The van der Waals surface area contributed by atoms with E-state index in [0.29, 0.717) is 6.54 Å². The summed E-state index contributed by atoms with van der Waals surface area (Å²) in [6.07, 6.45) is 3.35. The monoisotopic (exact) mass is 148 g/mol. The summed E-state index contributed by atoms with van der Waals surface area (Å²) in [5.74, 6) is 0. The lowest BCUT2D eigenvalue weighted by Crippen LogP contribution is -2.00. The van der Waals surface area contributed by atoms with Crippen LogP contribution in [0.1, 0.15) is 5.69 Å². The van der Waals surface area contributed by atoms with Crippen molar-refractivity contribution in [3.05, 3.63) is 24.3 Å². The smallest absolute Gasteiger partial charge is 0.140 e. The maximum atomic E-state index is 5.47. The second-order valence-corrected chi connectivity index (χ2v) is 2.26. The molecular weight excluding hydrogens is 140 g/mol. The Labute approximate surface area is 63.5 Å². The van der Waals surface area contributed by atoms with Gasteiger partial charge in [-0.15, -0.1) is 0 Å². The minimum Gasteiger partial charge on any atom is -0.346 e. The van der Waals surface area contributed by atoms with Gasteiger partial charge in [-0.2, -0.15) is 0 Å². The van der Waals surface area contributed by atoms with E-state index in [4.69, 9.17) is 5.73 Å². The minimum absolute atomic E-state index is 0.455. The second kappa shape index (κ2) is 2.32. The molecule has 0 atom stereocenters. The highest BCUT2D eigenvalue weighted by Crippen LogP contribution is 2.10. The number of nitrogens with one attached hydrogen (secondary N) is 1. The average molecular weight is 148 g/mol. The Morgan fingerprint density at radius 3 is 3.18 bits per heavy atom. The first kappa shape index (κ1) is 6.30. The minimum atomic E-state index is 0.455. The summed E-state index contributed by atoms with van der Waals surface area (Å²) < 4.78 is 0. The number of rotatable bonds is 1. The van der Waals surface area contributed by atoms with Crippen LogP contribution in [0, 0.1) is 0 Å². The lowest BCUT2D eigenvalue weighted by atomic mass is 10.3. The highest BCUT2D eigenvalue weighted by atomic mass is 14.9. The number of nitrogens with two attached hydrogens (primary N) is 1. The van der Waals surface area contributed by atoms with Crippen LogP contribution in [0.15, 0.2) is 18.6 Å². The number of H-pyrrole nitrogens is 1. The standard InChI is InChI=1S/C7H8N4/c8-3-6-5-1-2-9-7(5)11-4-10-6/h1-2,4H,3,8H2,(H,9,10,11). The van der Waals surface area contributed by atoms with E-state index >= 15 is 0 Å². The molecule has 2 aromatic rings. The summed E-state index contributed by atoms with van der Waals surface area (Å²) in [6.45, 7) is 0.455. The topological polar surface area (TPSA) is 67.6 Å². The van der Waals surface area contributed by atoms with Crippen LogP contribution in [0.25, 0.3) is 11.0 Å². The van der Waals surface area contributed by atoms with Gasteiger partial charge in [-0.3, -0.25) is 0 Å². The second-order valence-electron chi connectivity index (χ2n) is 2.26. The zero-order valence-corrected chi connectivity index (χ0v) is 5.91. The van der Waals surface area contributed by atoms with E-state index in [9.17, 15) is 0 Å². The first-order valence-electron chi connectivity index (χ1n) is 3.39. The maximum Gasteiger partial charge on any atom is 0.140 e. The quantitative estimate of drug-likeness (QED) is 0.615. The summed E-state index contributed by atoms with van der Waals surface area (Å²) in [4.78, 5) is 11.1. The van der Waals surface area contributed by atoms with E-state index in [1.54, 1.807) is 0 Å². The van der Waals surface area contributed by atoms with Gasteiger partial charge in [-0.25, -0.2) is 9.97 Å². The highest BCUT2D eigenvalue weighted by molar-refractivity contribution is 5.77. The van der Waals surface area contributed by atoms with E-state index in [1.807, 2.05) is 12.3 Å². The third-order valence-electron chi connectivity index (χ3n) is 1.63. The molecule has 0 saturated heterocycles. The maximum absolute atomic E-state index is 5.47. The Morgan fingerprint density at radius 1 is 1.45 bits per heavy atom. The Morgan fingerprint density at radius 2 is 2.36 bits per heavy atom. The number of hydrogen-bond acceptors (Lipinski definition) is 3. The fourth-order valence-corrected chi connectivity index (χ4v) is 1.09. The van der Waals surface area contributed by atoms with E-state index < -0.39 is 0 Å². The molecule has 0 aliphatic heterocycles. The molecule has 0 fully saturated rings. The van der Waals surface area contributed by atoms with Crippen LogP contribution in [-0.2, 0) is 6.54 Å². The highest BCUT2D eigenvalue weighted by Gasteiger charge is 2.00. The van der Waals surface area contributed by atoms with Crippen molar-refractivity contribution < 1.29 is 0 Å². The fourth-order valence-electron chi connectivity index (χ4n) is 1.09. The molecule has 0 aliphatic rings. The van der Waals surface area contributed by atoms with E-state index in [2.05, 4.69) is 15.0 Å². The van der Waals surface area contributed by atoms with Crippen molar-refractivity contribution in [3.8, 4) is 0 Å². The van der Waals surface area contributed by atoms with Gasteiger partial charge < -0.3 is 10.7 Å². The summed E-state index contributed by atoms with van der Waals surface area (Å²) in [7, 11) is 0. The zero-order valence-electron chi connectivity index (χ0n) is 5.91. The number of fused-ring (bicyclic) bond motifs is 1. The van der Waals surface area contributed by atoms with Crippen LogP contribution in [0.2, 0.25) is 0 Å². The first-order valence-corrected chi connectivity index (χ1v) is 3.39. The lowest BCUT2D eigenvalue weighted by Gasteiger charge is -1.94. The third kappa shape index (κ3) is 0.877. The molecule has 2 heterocycles. The largest absolute Gasteiger partial charge is 0.346 e. The van der Waals surface area contributed by atoms with Gasteiger partial charge in [0.15, 0.2) is 0 Å². The van der Waals surface area contributed by atoms with E-state index in [0.717, 1.165) is 16.7 Å². The van der Waals surface area contributed by atoms with E-state index in [-0.39, 0.29) is 0 Å². The molecule has 3 N–H and O–H groups in total. The van der Waals surface area contributed by atoms with Crippen molar-refractivity contribution >= 4 is 11.0 Å². The molecule has 0 spiro atoms. The van der Waals surface area contributed by atoms with Crippen molar-refractivity contribution in [1.29, 1.82) is 0 Å². The van der Waals surface area contributed by atoms with Crippen LogP contribution in [-0.4, -0.2) is 15.0 Å². The van der Waals surface area contributed by atoms with Gasteiger partial charge in [-0.05, 0) is 6.07 Å². The molecule has 2 rings (SSSR count). The molecule has 2 aromatic heterocycles. The van der Waals surface area contributed by atoms with Gasteiger partial charge in [-0.1, -0.05) is 0 Å². The van der Waals surface area contributed by atoms with Crippen molar-refractivity contribution in [2.45, 2.75) is 6.54 Å². The summed E-state index contributed by atoms with van der Waals surface area (Å²) in [5.41, 5.74) is 7.20. The molecule has 4 nitrogen and oxygen atoms in total. The molecule has 4 heteroatoms. The third-order valence-corrected chi connectivity index (χ3v) is 1.63. The summed E-state index contributed by atoms with van der Waals surface area (Å²) in [5, 5.41) is 1.01. The van der Waals surface area contributed by atoms with Crippen molar-refractivity contribution in [2.75, 3.05) is 0 Å². The van der Waals surface area contributed by atoms with Crippen LogP contribution in [0.4, 0.5) is 0 Å². The van der Waals surface area contributed by atoms with Gasteiger partial charge in [0.1, 0.15) is 12.0 Å². The molecule has 11 heavy (non-hydrogen) atoms. The van der Waals surface area contributed by atoms with Gasteiger partial charge >= 0.3 is 0 Å². The number of hydrogen-bond donors (Lipinski definition) is 2. The van der Waals surface area contributed by atoms with Gasteiger partial charge in [0.2, 0.25) is 0 Å². The number of nitrogens with zero attached hydrogens (tertiary/aromatic N) is 2. The predicted octanol–water partition coefficient (Wildman–Crippen LogP) is 0.417. The Kier molecular flexibility index (Phi) is 1.33. The lowest BCUT2D eigenvalue weighted by molar-refractivity contribution is 0.989. The molecule has 0 saturated carbocycles. The molecule has 0 amide bonds. The summed E-state index contributed by atoms with van der Waals surface area (Å²) in [6, 6.07) is 1.93. The molecule has 0 aromatic carbocycles. The van der Waals surface area contributed by atoms with Crippen LogP contribution in [0.3, 0.4) is 0 Å². The normalized spacial score (nSPS) is 10.6. The Hall–Kier alpha value is -1.42. The molecule has 0 bridgehead atoms. The van der Waals surface area contributed by atoms with Gasteiger partial charge in [0, 0.05) is 18.1 Å². The molecule has 0 radical (unpaired) electrons. The van der Waals surface area contributed by atoms with E-state index in [1.165, 1.54) is 6.33 Å². The SMILES string of the molecule is NCc1ncnc2[nH]ccc12.